The maximum Gasteiger partial charge on any atom is 0.291 e. The van der Waals surface area contributed by atoms with Gasteiger partial charge in [0.15, 0.2) is 0 Å². The molecule has 6 heteroatoms. The number of thiazole rings is 1. The van der Waals surface area contributed by atoms with Gasteiger partial charge in [-0.05, 0) is 30.5 Å². The fourth-order valence-electron chi connectivity index (χ4n) is 2.48. The lowest BCUT2D eigenvalue weighted by Gasteiger charge is -2.08. The average molecular weight is 394 g/mol. The van der Waals surface area contributed by atoms with Crippen LogP contribution >= 0.6 is 11.3 Å². The number of nitrogens with one attached hydrogen (secondary N) is 1. The average Bonchev–Trinajstić information content (AvgIpc) is 3.09. The lowest BCUT2D eigenvalue weighted by Crippen LogP contribution is -2.18. The Morgan fingerprint density at radius 3 is 2.75 bits per heavy atom. The molecule has 0 aliphatic heterocycles. The third kappa shape index (κ3) is 5.27. The molecule has 0 aliphatic rings. The van der Waals surface area contributed by atoms with Crippen molar-refractivity contribution in [3.8, 4) is 16.3 Å². The molecule has 5 nitrogen and oxygen atoms in total. The first kappa shape index (κ1) is 19.8. The Labute approximate surface area is 169 Å². The maximum absolute atomic E-state index is 12.4. The Morgan fingerprint density at radius 2 is 2.00 bits per heavy atom. The summed E-state index contributed by atoms with van der Waals surface area (Å²) in [5.74, 6) is 0.921. The van der Waals surface area contributed by atoms with Gasteiger partial charge in [0.05, 0.1) is 12.8 Å². The van der Waals surface area contributed by atoms with E-state index in [1.807, 2.05) is 61.5 Å². The summed E-state index contributed by atoms with van der Waals surface area (Å²) < 4.78 is 5.71. The summed E-state index contributed by atoms with van der Waals surface area (Å²) in [5, 5.41) is 4.88. The van der Waals surface area contributed by atoms with E-state index >= 15 is 0 Å². The number of rotatable bonds is 7. The van der Waals surface area contributed by atoms with E-state index in [1.165, 1.54) is 11.3 Å². The van der Waals surface area contributed by atoms with Crippen LogP contribution in [0.4, 0.5) is 0 Å². The molecule has 0 saturated carbocycles. The predicted octanol–water partition coefficient (Wildman–Crippen LogP) is 4.92. The van der Waals surface area contributed by atoms with Crippen molar-refractivity contribution < 1.29 is 9.53 Å². The quantitative estimate of drug-likeness (QED) is 0.458. The highest BCUT2D eigenvalue weighted by molar-refractivity contribution is 7.15. The summed E-state index contributed by atoms with van der Waals surface area (Å²) in [6.07, 6.45) is 1.60. The Bertz CT molecular complexity index is 965. The van der Waals surface area contributed by atoms with E-state index in [9.17, 15) is 4.79 Å². The first-order chi connectivity index (χ1) is 13.5. The first-order valence-corrected chi connectivity index (χ1v) is 9.93. The van der Waals surface area contributed by atoms with Crippen molar-refractivity contribution in [3.63, 3.8) is 0 Å². The number of benzene rings is 2. The van der Waals surface area contributed by atoms with Crippen LogP contribution in [0.5, 0.6) is 5.75 Å². The minimum absolute atomic E-state index is 0.320. The lowest BCUT2D eigenvalue weighted by molar-refractivity contribution is 0.0950. The van der Waals surface area contributed by atoms with Gasteiger partial charge in [-0.2, -0.15) is 5.10 Å². The Kier molecular flexibility index (Phi) is 6.55. The minimum Gasteiger partial charge on any atom is -0.493 e. The van der Waals surface area contributed by atoms with Gasteiger partial charge >= 0.3 is 0 Å². The molecule has 0 saturated heterocycles. The van der Waals surface area contributed by atoms with Gasteiger partial charge < -0.3 is 4.74 Å². The van der Waals surface area contributed by atoms with Gasteiger partial charge in [0.1, 0.15) is 16.5 Å². The summed E-state index contributed by atoms with van der Waals surface area (Å²) in [6, 6.07) is 17.4. The number of carbonyl (C=O) groups excluding carboxylic acids is 1. The van der Waals surface area contributed by atoms with Crippen LogP contribution < -0.4 is 10.2 Å². The molecule has 0 radical (unpaired) electrons. The van der Waals surface area contributed by atoms with Gasteiger partial charge in [0, 0.05) is 10.4 Å². The van der Waals surface area contributed by atoms with Gasteiger partial charge in [-0.15, -0.1) is 11.3 Å². The molecule has 1 aromatic heterocycles. The number of aryl methyl sites for hydroxylation is 1. The molecule has 0 spiro atoms. The molecule has 0 atom stereocenters. The lowest BCUT2D eigenvalue weighted by atomic mass is 10.2. The molecular formula is C22H23N3O2S. The molecule has 3 rings (SSSR count). The molecule has 1 N–H and O–H groups in total. The number of nitrogens with zero attached hydrogens (tertiary/aromatic N) is 2. The van der Waals surface area contributed by atoms with Crippen molar-refractivity contribution in [2.24, 2.45) is 11.0 Å². The number of amides is 1. The SMILES string of the molecule is Cc1sc(-c2ccccc2)nc1C(=O)N/N=C\c1cccc(OCC(C)C)c1. The zero-order valence-corrected chi connectivity index (χ0v) is 17.0. The van der Waals surface area contributed by atoms with Gasteiger partial charge in [0.25, 0.3) is 5.91 Å². The van der Waals surface area contributed by atoms with E-state index in [-0.39, 0.29) is 5.91 Å². The Balaban J connectivity index is 1.64. The number of carbonyl (C=O) groups is 1. The van der Waals surface area contributed by atoms with Gasteiger partial charge in [-0.1, -0.05) is 56.3 Å². The van der Waals surface area contributed by atoms with Gasteiger partial charge in [-0.3, -0.25) is 4.79 Å². The fraction of sp³-hybridized carbons (Fsp3) is 0.227. The minimum atomic E-state index is -0.320. The summed E-state index contributed by atoms with van der Waals surface area (Å²) in [6.45, 7) is 6.75. The van der Waals surface area contributed by atoms with Gasteiger partial charge in [0.2, 0.25) is 0 Å². The van der Waals surface area contributed by atoms with Crippen molar-refractivity contribution in [1.29, 1.82) is 0 Å². The van der Waals surface area contributed by atoms with E-state index in [0.29, 0.717) is 18.2 Å². The van der Waals surface area contributed by atoms with Crippen molar-refractivity contribution in [3.05, 3.63) is 70.7 Å². The third-order valence-electron chi connectivity index (χ3n) is 3.85. The highest BCUT2D eigenvalue weighted by Gasteiger charge is 2.15. The smallest absolute Gasteiger partial charge is 0.291 e. The van der Waals surface area contributed by atoms with Crippen LogP contribution in [0.2, 0.25) is 0 Å². The molecule has 2 aromatic carbocycles. The van der Waals surface area contributed by atoms with Crippen LogP contribution in [0.3, 0.4) is 0 Å². The molecule has 0 aliphatic carbocycles. The second-order valence-corrected chi connectivity index (χ2v) is 7.97. The molecule has 0 unspecified atom stereocenters. The topological polar surface area (TPSA) is 63.6 Å². The summed E-state index contributed by atoms with van der Waals surface area (Å²) in [5.41, 5.74) is 4.80. The highest BCUT2D eigenvalue weighted by Crippen LogP contribution is 2.27. The van der Waals surface area contributed by atoms with Crippen LogP contribution in [0.25, 0.3) is 10.6 Å². The largest absolute Gasteiger partial charge is 0.493 e. The Hall–Kier alpha value is -2.99. The van der Waals surface area contributed by atoms with Crippen molar-refractivity contribution in [1.82, 2.24) is 10.4 Å². The van der Waals surface area contributed by atoms with Crippen molar-refractivity contribution in [2.75, 3.05) is 6.61 Å². The molecule has 0 fully saturated rings. The fourth-order valence-corrected chi connectivity index (χ4v) is 3.39. The highest BCUT2D eigenvalue weighted by atomic mass is 32.1. The second-order valence-electron chi connectivity index (χ2n) is 6.77. The predicted molar refractivity (Wildman–Crippen MR) is 114 cm³/mol. The van der Waals surface area contributed by atoms with E-state index in [1.54, 1.807) is 6.21 Å². The summed E-state index contributed by atoms with van der Waals surface area (Å²) in [4.78, 5) is 17.8. The standard InChI is InChI=1S/C22H23N3O2S/c1-15(2)14-27-19-11-7-8-17(12-19)13-23-25-21(26)20-16(3)28-22(24-20)18-9-5-4-6-10-18/h4-13,15H,14H2,1-3H3,(H,25,26)/b23-13-. The van der Waals surface area contributed by atoms with Crippen LogP contribution in [0.1, 0.15) is 34.8 Å². The number of ether oxygens (including phenoxy) is 1. The van der Waals surface area contributed by atoms with Crippen LogP contribution in [-0.2, 0) is 0 Å². The van der Waals surface area contributed by atoms with E-state index in [2.05, 4.69) is 29.4 Å². The number of aromatic nitrogens is 1. The summed E-state index contributed by atoms with van der Waals surface area (Å²) >= 11 is 1.49. The van der Waals surface area contributed by atoms with E-state index in [0.717, 1.165) is 26.8 Å². The molecule has 0 bridgehead atoms. The molecule has 1 heterocycles. The van der Waals surface area contributed by atoms with Crippen molar-refractivity contribution >= 4 is 23.5 Å². The molecular weight excluding hydrogens is 370 g/mol. The molecule has 28 heavy (non-hydrogen) atoms. The monoisotopic (exact) mass is 393 g/mol. The first-order valence-electron chi connectivity index (χ1n) is 9.12. The number of hydrazone groups is 1. The maximum atomic E-state index is 12.4. The molecule has 144 valence electrons. The van der Waals surface area contributed by atoms with Crippen LogP contribution in [0.15, 0.2) is 59.7 Å². The normalized spacial score (nSPS) is 11.1. The molecule has 3 aromatic rings. The number of hydrogen-bond donors (Lipinski definition) is 1. The Morgan fingerprint density at radius 1 is 1.21 bits per heavy atom. The summed E-state index contributed by atoms with van der Waals surface area (Å²) in [7, 11) is 0. The zero-order chi connectivity index (χ0) is 19.9. The number of hydrogen-bond acceptors (Lipinski definition) is 5. The third-order valence-corrected chi connectivity index (χ3v) is 4.87. The second kappa shape index (κ2) is 9.28. The van der Waals surface area contributed by atoms with Crippen molar-refractivity contribution in [2.45, 2.75) is 20.8 Å². The van der Waals surface area contributed by atoms with E-state index in [4.69, 9.17) is 4.74 Å². The van der Waals surface area contributed by atoms with Crippen LogP contribution in [-0.4, -0.2) is 23.7 Å². The van der Waals surface area contributed by atoms with E-state index < -0.39 is 0 Å². The molecule has 1 amide bonds. The zero-order valence-electron chi connectivity index (χ0n) is 16.2. The van der Waals surface area contributed by atoms with Crippen LogP contribution in [0, 0.1) is 12.8 Å². The van der Waals surface area contributed by atoms with Gasteiger partial charge in [-0.25, -0.2) is 10.4 Å².